The van der Waals surface area contributed by atoms with Gasteiger partial charge in [0.1, 0.15) is 5.54 Å². The van der Waals surface area contributed by atoms with Crippen molar-refractivity contribution in [1.82, 2.24) is 10.2 Å². The Morgan fingerprint density at radius 1 is 1.26 bits per heavy atom. The van der Waals surface area contributed by atoms with Crippen LogP contribution < -0.4 is 16.6 Å². The van der Waals surface area contributed by atoms with Crippen molar-refractivity contribution >= 4 is 17.6 Å². The third-order valence-corrected chi connectivity index (χ3v) is 3.19. The van der Waals surface area contributed by atoms with Crippen LogP contribution in [0.5, 0.6) is 0 Å². The monoisotopic (exact) mass is 262 g/mol. The van der Waals surface area contributed by atoms with Crippen molar-refractivity contribution in [2.45, 2.75) is 25.8 Å². The lowest BCUT2D eigenvalue weighted by Gasteiger charge is -2.16. The van der Waals surface area contributed by atoms with Gasteiger partial charge in [-0.15, -0.1) is 0 Å². The zero-order chi connectivity index (χ0) is 14.0. The first kappa shape index (κ1) is 13.4. The molecule has 1 aliphatic heterocycles. The van der Waals surface area contributed by atoms with Crippen molar-refractivity contribution in [2.75, 3.05) is 12.0 Å². The standard InChI is InChI=1S/C13H18N4O2/c1-13(2)11(18)17(12(19)15-13)8-7-9-3-5-10(16-14)6-4-9/h3-6,16H,7-8,14H2,1-2H3,(H,15,19). The second-order valence-corrected chi connectivity index (χ2v) is 5.10. The average molecular weight is 262 g/mol. The first-order valence-corrected chi connectivity index (χ1v) is 6.14. The molecule has 0 bridgehead atoms. The smallest absolute Gasteiger partial charge is 0.324 e. The van der Waals surface area contributed by atoms with E-state index in [0.717, 1.165) is 11.3 Å². The molecule has 102 valence electrons. The summed E-state index contributed by atoms with van der Waals surface area (Å²) in [5.41, 5.74) is 3.61. The Labute approximate surface area is 111 Å². The Balaban J connectivity index is 1.98. The van der Waals surface area contributed by atoms with Gasteiger partial charge in [0, 0.05) is 12.2 Å². The predicted octanol–water partition coefficient (Wildman–Crippen LogP) is 0.845. The van der Waals surface area contributed by atoms with Crippen LogP contribution >= 0.6 is 0 Å². The number of anilines is 1. The van der Waals surface area contributed by atoms with Crippen molar-refractivity contribution in [3.05, 3.63) is 29.8 Å². The molecular formula is C13H18N4O2. The van der Waals surface area contributed by atoms with Crippen LogP contribution in [-0.2, 0) is 11.2 Å². The molecule has 1 fully saturated rings. The van der Waals surface area contributed by atoms with E-state index >= 15 is 0 Å². The van der Waals surface area contributed by atoms with Crippen molar-refractivity contribution < 1.29 is 9.59 Å². The molecule has 0 aromatic heterocycles. The number of hydrazine groups is 1. The quantitative estimate of drug-likeness (QED) is 0.426. The van der Waals surface area contributed by atoms with Gasteiger partial charge in [0.15, 0.2) is 0 Å². The summed E-state index contributed by atoms with van der Waals surface area (Å²) >= 11 is 0. The number of carbonyl (C=O) groups excluding carboxylic acids is 2. The zero-order valence-corrected chi connectivity index (χ0v) is 11.1. The topological polar surface area (TPSA) is 87.5 Å². The van der Waals surface area contributed by atoms with Crippen LogP contribution in [0.4, 0.5) is 10.5 Å². The number of amides is 3. The first-order valence-electron chi connectivity index (χ1n) is 6.14. The third-order valence-electron chi connectivity index (χ3n) is 3.19. The van der Waals surface area contributed by atoms with E-state index in [1.807, 2.05) is 24.3 Å². The van der Waals surface area contributed by atoms with Crippen LogP contribution in [0.2, 0.25) is 0 Å². The minimum absolute atomic E-state index is 0.183. The zero-order valence-electron chi connectivity index (χ0n) is 11.1. The molecule has 19 heavy (non-hydrogen) atoms. The van der Waals surface area contributed by atoms with E-state index in [1.165, 1.54) is 4.90 Å². The fraction of sp³-hybridized carbons (Fsp3) is 0.385. The molecule has 2 rings (SSSR count). The van der Waals surface area contributed by atoms with Crippen LogP contribution in [0.25, 0.3) is 0 Å². The molecule has 6 nitrogen and oxygen atoms in total. The Morgan fingerprint density at radius 2 is 1.89 bits per heavy atom. The number of nitrogens with two attached hydrogens (primary N) is 1. The number of rotatable bonds is 4. The van der Waals surface area contributed by atoms with Crippen LogP contribution in [-0.4, -0.2) is 28.9 Å². The molecule has 0 atom stereocenters. The Hall–Kier alpha value is -2.08. The number of imide groups is 1. The van der Waals surface area contributed by atoms with Gasteiger partial charge in [0.2, 0.25) is 0 Å². The number of nitrogens with one attached hydrogen (secondary N) is 2. The van der Waals surface area contributed by atoms with E-state index in [9.17, 15) is 9.59 Å². The minimum atomic E-state index is -0.801. The van der Waals surface area contributed by atoms with E-state index in [1.54, 1.807) is 13.8 Å². The molecule has 1 heterocycles. The van der Waals surface area contributed by atoms with Crippen LogP contribution in [0.15, 0.2) is 24.3 Å². The lowest BCUT2D eigenvalue weighted by molar-refractivity contribution is -0.130. The Bertz CT molecular complexity index is 496. The summed E-state index contributed by atoms with van der Waals surface area (Å²) < 4.78 is 0. The molecule has 0 saturated carbocycles. The molecule has 1 aromatic carbocycles. The lowest BCUT2D eigenvalue weighted by atomic mass is 10.1. The van der Waals surface area contributed by atoms with E-state index in [-0.39, 0.29) is 11.9 Å². The average Bonchev–Trinajstić information content (AvgIpc) is 2.57. The molecule has 1 aromatic rings. The summed E-state index contributed by atoms with van der Waals surface area (Å²) in [6.45, 7) is 3.79. The van der Waals surface area contributed by atoms with Gasteiger partial charge in [0.05, 0.1) is 0 Å². The molecule has 0 aliphatic carbocycles. The molecule has 6 heteroatoms. The molecule has 0 spiro atoms. The van der Waals surface area contributed by atoms with Crippen molar-refractivity contribution in [3.8, 4) is 0 Å². The molecule has 3 amide bonds. The predicted molar refractivity (Wildman–Crippen MR) is 72.3 cm³/mol. The highest BCUT2D eigenvalue weighted by Crippen LogP contribution is 2.17. The normalized spacial score (nSPS) is 17.5. The summed E-state index contributed by atoms with van der Waals surface area (Å²) in [5, 5.41) is 2.66. The lowest BCUT2D eigenvalue weighted by Crippen LogP contribution is -2.40. The molecule has 1 saturated heterocycles. The fourth-order valence-corrected chi connectivity index (χ4v) is 2.03. The summed E-state index contributed by atoms with van der Waals surface area (Å²) in [5.74, 6) is 5.10. The Kier molecular flexibility index (Phi) is 3.44. The van der Waals surface area contributed by atoms with Gasteiger partial charge in [0.25, 0.3) is 5.91 Å². The van der Waals surface area contributed by atoms with Crippen LogP contribution in [0.1, 0.15) is 19.4 Å². The van der Waals surface area contributed by atoms with Gasteiger partial charge >= 0.3 is 6.03 Å². The summed E-state index contributed by atoms with van der Waals surface area (Å²) in [7, 11) is 0. The number of hydrogen-bond donors (Lipinski definition) is 3. The minimum Gasteiger partial charge on any atom is -0.324 e. The highest BCUT2D eigenvalue weighted by atomic mass is 16.2. The molecule has 0 unspecified atom stereocenters. The highest BCUT2D eigenvalue weighted by Gasteiger charge is 2.43. The SMILES string of the molecule is CC1(C)NC(=O)N(CCc2ccc(NN)cc2)C1=O. The van der Waals surface area contributed by atoms with Gasteiger partial charge in [-0.25, -0.2) is 4.79 Å². The molecule has 4 N–H and O–H groups in total. The third kappa shape index (κ3) is 2.68. The second-order valence-electron chi connectivity index (χ2n) is 5.10. The molecule has 1 aliphatic rings. The van der Waals surface area contributed by atoms with E-state index in [2.05, 4.69) is 10.7 Å². The number of benzene rings is 1. The van der Waals surface area contributed by atoms with Crippen LogP contribution in [0.3, 0.4) is 0 Å². The maximum absolute atomic E-state index is 12.0. The van der Waals surface area contributed by atoms with Gasteiger partial charge in [-0.05, 0) is 38.0 Å². The summed E-state index contributed by atoms with van der Waals surface area (Å²) in [6, 6.07) is 7.21. The summed E-state index contributed by atoms with van der Waals surface area (Å²) in [6.07, 6.45) is 0.625. The maximum atomic E-state index is 12.0. The van der Waals surface area contributed by atoms with Gasteiger partial charge in [-0.3, -0.25) is 15.5 Å². The van der Waals surface area contributed by atoms with E-state index in [4.69, 9.17) is 5.84 Å². The van der Waals surface area contributed by atoms with Gasteiger partial charge in [-0.1, -0.05) is 12.1 Å². The number of nitrogen functional groups attached to an aromatic ring is 1. The van der Waals surface area contributed by atoms with Gasteiger partial charge in [-0.2, -0.15) is 0 Å². The largest absolute Gasteiger partial charge is 0.325 e. The van der Waals surface area contributed by atoms with Crippen LogP contribution in [0, 0.1) is 0 Å². The number of nitrogens with zero attached hydrogens (tertiary/aromatic N) is 1. The molecule has 0 radical (unpaired) electrons. The van der Waals surface area contributed by atoms with E-state index < -0.39 is 5.54 Å². The fourth-order valence-electron chi connectivity index (χ4n) is 2.03. The number of hydrogen-bond acceptors (Lipinski definition) is 4. The van der Waals surface area contributed by atoms with E-state index in [0.29, 0.717) is 13.0 Å². The Morgan fingerprint density at radius 3 is 2.37 bits per heavy atom. The maximum Gasteiger partial charge on any atom is 0.325 e. The van der Waals surface area contributed by atoms with Crippen molar-refractivity contribution in [1.29, 1.82) is 0 Å². The first-order chi connectivity index (χ1) is 8.94. The second kappa shape index (κ2) is 4.89. The summed E-state index contributed by atoms with van der Waals surface area (Å²) in [4.78, 5) is 24.9. The van der Waals surface area contributed by atoms with Gasteiger partial charge < -0.3 is 10.7 Å². The van der Waals surface area contributed by atoms with Crippen molar-refractivity contribution in [2.24, 2.45) is 5.84 Å². The highest BCUT2D eigenvalue weighted by molar-refractivity contribution is 6.06. The van der Waals surface area contributed by atoms with Crippen molar-refractivity contribution in [3.63, 3.8) is 0 Å². The number of carbonyl (C=O) groups is 2. The molecular weight excluding hydrogens is 244 g/mol. The number of urea groups is 1.